The number of rotatable bonds is 2. The largest absolute Gasteiger partial charge is 0.354 e. The van der Waals surface area contributed by atoms with E-state index < -0.39 is 5.82 Å². The van der Waals surface area contributed by atoms with Crippen molar-refractivity contribution in [3.8, 4) is 0 Å². The first-order valence-corrected chi connectivity index (χ1v) is 7.99. The average Bonchev–Trinajstić information content (AvgIpc) is 2.54. The maximum absolute atomic E-state index is 13.3. The van der Waals surface area contributed by atoms with Crippen molar-refractivity contribution in [1.29, 1.82) is 0 Å². The summed E-state index contributed by atoms with van der Waals surface area (Å²) >= 11 is 5.84. The quantitative estimate of drug-likeness (QED) is 0.845. The van der Waals surface area contributed by atoms with E-state index in [1.165, 1.54) is 6.07 Å². The zero-order valence-electron chi connectivity index (χ0n) is 12.0. The van der Waals surface area contributed by atoms with Crippen molar-refractivity contribution in [3.63, 3.8) is 0 Å². The van der Waals surface area contributed by atoms with Crippen LogP contribution in [0.4, 0.5) is 15.8 Å². The molecule has 5 rings (SSSR count). The molecule has 0 aliphatic heterocycles. The summed E-state index contributed by atoms with van der Waals surface area (Å²) in [6.45, 7) is 0. The van der Waals surface area contributed by atoms with Crippen molar-refractivity contribution in [1.82, 2.24) is 4.98 Å². The molecule has 114 valence electrons. The number of benzene rings is 1. The molecule has 1 fully saturated rings. The van der Waals surface area contributed by atoms with E-state index in [4.69, 9.17) is 11.6 Å². The van der Waals surface area contributed by atoms with Gasteiger partial charge in [0, 0.05) is 17.4 Å². The van der Waals surface area contributed by atoms with Gasteiger partial charge in [0.05, 0.1) is 10.7 Å². The van der Waals surface area contributed by atoms with Gasteiger partial charge in [0.15, 0.2) is 0 Å². The van der Waals surface area contributed by atoms with Gasteiger partial charge in [-0.1, -0.05) is 11.6 Å². The summed E-state index contributed by atoms with van der Waals surface area (Å²) in [6.07, 6.45) is 6.21. The van der Waals surface area contributed by atoms with Crippen LogP contribution in [-0.4, -0.2) is 4.98 Å². The Labute approximate surface area is 132 Å². The molecule has 3 aliphatic carbocycles. The topological polar surface area (TPSA) is 44.9 Å². The van der Waals surface area contributed by atoms with Crippen molar-refractivity contribution in [2.45, 2.75) is 37.5 Å². The van der Waals surface area contributed by atoms with Gasteiger partial charge in [0.25, 0.3) is 5.56 Å². The van der Waals surface area contributed by atoms with Gasteiger partial charge in [-0.2, -0.15) is 0 Å². The number of hydrogen-bond acceptors (Lipinski definition) is 2. The first kappa shape index (κ1) is 13.8. The highest BCUT2D eigenvalue weighted by molar-refractivity contribution is 6.31. The number of nitrogens with one attached hydrogen (secondary N) is 2. The predicted octanol–water partition coefficient (Wildman–Crippen LogP) is 4.67. The van der Waals surface area contributed by atoms with Gasteiger partial charge in [-0.3, -0.25) is 4.79 Å². The van der Waals surface area contributed by atoms with Crippen LogP contribution in [0.15, 0.2) is 29.2 Å². The van der Waals surface area contributed by atoms with Crippen LogP contribution in [0.3, 0.4) is 0 Å². The Kier molecular flexibility index (Phi) is 3.22. The Morgan fingerprint density at radius 1 is 1.14 bits per heavy atom. The lowest BCUT2D eigenvalue weighted by atomic mass is 9.67. The first-order valence-electron chi connectivity index (χ1n) is 7.61. The Morgan fingerprint density at radius 3 is 2.50 bits per heavy atom. The fourth-order valence-electron chi connectivity index (χ4n) is 3.91. The minimum atomic E-state index is -0.435. The van der Waals surface area contributed by atoms with Crippen molar-refractivity contribution >= 4 is 23.0 Å². The number of H-pyrrole nitrogens is 1. The Hall–Kier alpha value is -1.81. The number of hydrogen-bond donors (Lipinski definition) is 2. The molecule has 0 amide bonds. The van der Waals surface area contributed by atoms with E-state index in [-0.39, 0.29) is 10.6 Å². The summed E-state index contributed by atoms with van der Waals surface area (Å²) in [5.41, 5.74) is 3.76. The number of anilines is 2. The summed E-state index contributed by atoms with van der Waals surface area (Å²) in [7, 11) is 0. The SMILES string of the molecule is O=c1[nH]cc(Nc2ccc(F)c(Cl)c2)c2c1C1CCC2CC1. The second-order valence-corrected chi connectivity index (χ2v) is 6.57. The lowest BCUT2D eigenvalue weighted by Crippen LogP contribution is -2.30. The summed E-state index contributed by atoms with van der Waals surface area (Å²) in [4.78, 5) is 15.0. The minimum absolute atomic E-state index is 0.0343. The highest BCUT2D eigenvalue weighted by Crippen LogP contribution is 2.50. The molecule has 2 bridgehead atoms. The molecule has 1 aromatic heterocycles. The lowest BCUT2D eigenvalue weighted by Gasteiger charge is -2.38. The third-order valence-electron chi connectivity index (χ3n) is 4.91. The smallest absolute Gasteiger partial charge is 0.251 e. The zero-order valence-corrected chi connectivity index (χ0v) is 12.7. The third kappa shape index (κ3) is 2.13. The highest BCUT2D eigenvalue weighted by Gasteiger charge is 2.36. The minimum Gasteiger partial charge on any atom is -0.354 e. The second-order valence-electron chi connectivity index (χ2n) is 6.16. The zero-order chi connectivity index (χ0) is 15.3. The Bertz CT molecular complexity index is 794. The summed E-state index contributed by atoms with van der Waals surface area (Å²) in [5.74, 6) is 0.387. The molecule has 0 unspecified atom stereocenters. The second kappa shape index (κ2) is 5.13. The monoisotopic (exact) mass is 318 g/mol. The van der Waals surface area contributed by atoms with Gasteiger partial charge in [-0.05, 0) is 61.3 Å². The molecule has 22 heavy (non-hydrogen) atoms. The predicted molar refractivity (Wildman–Crippen MR) is 85.7 cm³/mol. The van der Waals surface area contributed by atoms with Gasteiger partial charge in [-0.25, -0.2) is 4.39 Å². The van der Waals surface area contributed by atoms with E-state index in [9.17, 15) is 9.18 Å². The van der Waals surface area contributed by atoms with E-state index in [0.29, 0.717) is 11.8 Å². The van der Waals surface area contributed by atoms with E-state index >= 15 is 0 Å². The van der Waals surface area contributed by atoms with Crippen LogP contribution in [0.25, 0.3) is 0 Å². The Morgan fingerprint density at radius 2 is 1.82 bits per heavy atom. The molecule has 2 N–H and O–H groups in total. The fraction of sp³-hybridized carbons (Fsp3) is 0.353. The third-order valence-corrected chi connectivity index (χ3v) is 5.20. The van der Waals surface area contributed by atoms with Crippen molar-refractivity contribution in [2.24, 2.45) is 0 Å². The summed E-state index contributed by atoms with van der Waals surface area (Å²) in [5, 5.41) is 3.38. The van der Waals surface area contributed by atoms with E-state index in [1.807, 2.05) is 0 Å². The maximum Gasteiger partial charge on any atom is 0.251 e. The first-order chi connectivity index (χ1) is 10.6. The normalized spacial score (nSPS) is 22.5. The van der Waals surface area contributed by atoms with Crippen LogP contribution >= 0.6 is 11.6 Å². The number of aromatic nitrogens is 1. The maximum atomic E-state index is 13.3. The van der Waals surface area contributed by atoms with Gasteiger partial charge in [0.2, 0.25) is 0 Å². The standard InChI is InChI=1S/C17H16ClFN2O/c18-12-7-11(5-6-13(12)19)21-14-8-20-17(22)16-10-3-1-9(2-4-10)15(14)16/h5-10,21H,1-4H2,(H,20,22). The number of aromatic amines is 1. The van der Waals surface area contributed by atoms with Crippen LogP contribution in [-0.2, 0) is 0 Å². The van der Waals surface area contributed by atoms with Gasteiger partial charge in [0.1, 0.15) is 5.82 Å². The molecule has 0 radical (unpaired) electrons. The molecule has 2 aromatic rings. The molecule has 3 aliphatic rings. The number of fused-ring (bicyclic) bond motifs is 2. The highest BCUT2D eigenvalue weighted by atomic mass is 35.5. The van der Waals surface area contributed by atoms with E-state index in [0.717, 1.165) is 48.2 Å². The molecular weight excluding hydrogens is 303 g/mol. The summed E-state index contributed by atoms with van der Waals surface area (Å²) < 4.78 is 13.3. The van der Waals surface area contributed by atoms with Gasteiger partial charge in [-0.15, -0.1) is 0 Å². The molecule has 0 saturated heterocycles. The number of halogens is 2. The van der Waals surface area contributed by atoms with Crippen molar-refractivity contribution < 1.29 is 4.39 Å². The van der Waals surface area contributed by atoms with Gasteiger partial charge >= 0.3 is 0 Å². The van der Waals surface area contributed by atoms with Crippen LogP contribution in [0, 0.1) is 5.82 Å². The fourth-order valence-corrected chi connectivity index (χ4v) is 4.09. The molecule has 3 nitrogen and oxygen atoms in total. The lowest BCUT2D eigenvalue weighted by molar-refractivity contribution is 0.356. The van der Waals surface area contributed by atoms with E-state index in [1.54, 1.807) is 18.3 Å². The average molecular weight is 319 g/mol. The molecular formula is C17H16ClFN2O. The molecule has 1 saturated carbocycles. The van der Waals surface area contributed by atoms with Crippen LogP contribution in [0.5, 0.6) is 0 Å². The molecule has 5 heteroatoms. The number of pyridine rings is 1. The summed E-state index contributed by atoms with van der Waals surface area (Å²) in [6, 6.07) is 4.56. The molecule has 0 spiro atoms. The van der Waals surface area contributed by atoms with Crippen molar-refractivity contribution in [2.75, 3.05) is 5.32 Å². The van der Waals surface area contributed by atoms with Gasteiger partial charge < -0.3 is 10.3 Å². The van der Waals surface area contributed by atoms with Crippen LogP contribution in [0.2, 0.25) is 5.02 Å². The molecule has 1 aromatic carbocycles. The van der Waals surface area contributed by atoms with Crippen LogP contribution in [0.1, 0.15) is 48.6 Å². The van der Waals surface area contributed by atoms with Crippen molar-refractivity contribution in [3.05, 3.63) is 56.7 Å². The molecule has 1 heterocycles. The Balaban J connectivity index is 1.78. The van der Waals surface area contributed by atoms with E-state index in [2.05, 4.69) is 10.3 Å². The van der Waals surface area contributed by atoms with Crippen LogP contribution < -0.4 is 10.9 Å². The molecule has 0 atom stereocenters.